The van der Waals surface area contributed by atoms with Crippen LogP contribution in [-0.4, -0.2) is 49.5 Å². The predicted molar refractivity (Wildman–Crippen MR) is 98.8 cm³/mol. The number of carbonyl (C=O) groups is 3. The molecule has 1 aliphatic heterocycles. The Labute approximate surface area is 158 Å². The van der Waals surface area contributed by atoms with Crippen molar-refractivity contribution in [2.24, 2.45) is 5.92 Å². The van der Waals surface area contributed by atoms with Crippen LogP contribution in [0.3, 0.4) is 0 Å². The summed E-state index contributed by atoms with van der Waals surface area (Å²) in [5.74, 6) is -0.412. The first-order valence-corrected chi connectivity index (χ1v) is 10.7. The van der Waals surface area contributed by atoms with Crippen molar-refractivity contribution >= 4 is 33.4 Å². The smallest absolute Gasteiger partial charge is 0.324 e. The first-order valence-electron chi connectivity index (χ1n) is 8.85. The van der Waals surface area contributed by atoms with Gasteiger partial charge in [0.15, 0.2) is 9.84 Å². The molecule has 1 aromatic carbocycles. The first-order chi connectivity index (χ1) is 12.6. The second-order valence-corrected chi connectivity index (χ2v) is 9.45. The van der Waals surface area contributed by atoms with Gasteiger partial charge in [0.25, 0.3) is 5.91 Å². The van der Waals surface area contributed by atoms with Crippen LogP contribution in [0.5, 0.6) is 0 Å². The van der Waals surface area contributed by atoms with Crippen LogP contribution in [0.1, 0.15) is 32.6 Å². The topological polar surface area (TPSA) is 113 Å². The molecule has 1 spiro atoms. The van der Waals surface area contributed by atoms with Crippen LogP contribution in [0.15, 0.2) is 29.2 Å². The van der Waals surface area contributed by atoms with Gasteiger partial charge in [0, 0.05) is 11.9 Å². The summed E-state index contributed by atoms with van der Waals surface area (Å²) in [7, 11) is -3.40. The zero-order valence-corrected chi connectivity index (χ0v) is 16.1. The molecule has 0 aromatic heterocycles. The molecule has 0 atom stereocenters. The molecule has 4 amide bonds. The summed E-state index contributed by atoms with van der Waals surface area (Å²) in [6, 6.07) is 5.26. The van der Waals surface area contributed by atoms with Gasteiger partial charge in [-0.3, -0.25) is 14.5 Å². The molecular weight excluding hydrogens is 370 g/mol. The average Bonchev–Trinajstić information content (AvgIpc) is 2.81. The third-order valence-corrected chi connectivity index (χ3v) is 6.33. The maximum atomic E-state index is 12.8. The highest BCUT2D eigenvalue weighted by Gasteiger charge is 2.52. The number of nitrogens with zero attached hydrogens (tertiary/aromatic N) is 1. The minimum Gasteiger partial charge on any atom is -0.324 e. The van der Waals surface area contributed by atoms with Gasteiger partial charge in [0.2, 0.25) is 5.91 Å². The Bertz CT molecular complexity index is 888. The van der Waals surface area contributed by atoms with Crippen LogP contribution in [0, 0.1) is 5.92 Å². The minimum absolute atomic E-state index is 0.0746. The number of amides is 4. The Morgan fingerprint density at radius 1 is 1.30 bits per heavy atom. The second kappa shape index (κ2) is 6.95. The Kier molecular flexibility index (Phi) is 4.98. The van der Waals surface area contributed by atoms with Gasteiger partial charge in [0.05, 0.1) is 4.90 Å². The number of sulfone groups is 1. The fraction of sp³-hybridized carbons (Fsp3) is 0.500. The lowest BCUT2D eigenvalue weighted by Gasteiger charge is -2.33. The van der Waals surface area contributed by atoms with Crippen LogP contribution in [0.4, 0.5) is 10.5 Å². The number of benzene rings is 1. The highest BCUT2D eigenvalue weighted by Crippen LogP contribution is 2.36. The van der Waals surface area contributed by atoms with E-state index >= 15 is 0 Å². The van der Waals surface area contributed by atoms with Crippen LogP contribution in [0.2, 0.25) is 0 Å². The molecule has 2 N–H and O–H groups in total. The summed E-state index contributed by atoms with van der Waals surface area (Å²) in [5, 5.41) is 5.31. The molecule has 1 saturated carbocycles. The molecule has 27 heavy (non-hydrogen) atoms. The van der Waals surface area contributed by atoms with Crippen molar-refractivity contribution in [2.75, 3.05) is 18.1 Å². The number of anilines is 1. The summed E-state index contributed by atoms with van der Waals surface area (Å²) >= 11 is 0. The summed E-state index contributed by atoms with van der Waals surface area (Å²) < 4.78 is 23.2. The predicted octanol–water partition coefficient (Wildman–Crippen LogP) is 1.53. The van der Waals surface area contributed by atoms with E-state index in [-0.39, 0.29) is 16.5 Å². The molecule has 146 valence electrons. The van der Waals surface area contributed by atoms with Gasteiger partial charge in [-0.05, 0) is 49.8 Å². The SMILES string of the molecule is CC1CCC2(CC1)NC(=O)N(CC(=O)Nc1cccc(S(C)(=O)=O)c1)C2=O. The van der Waals surface area contributed by atoms with Crippen molar-refractivity contribution in [3.63, 3.8) is 0 Å². The lowest BCUT2D eigenvalue weighted by atomic mass is 9.77. The molecular formula is C18H23N3O5S. The molecule has 0 unspecified atom stereocenters. The Hall–Kier alpha value is -2.42. The summed E-state index contributed by atoms with van der Waals surface area (Å²) in [5.41, 5.74) is -0.601. The number of nitrogens with one attached hydrogen (secondary N) is 2. The van der Waals surface area contributed by atoms with Crippen molar-refractivity contribution in [1.82, 2.24) is 10.2 Å². The van der Waals surface area contributed by atoms with Gasteiger partial charge < -0.3 is 10.6 Å². The van der Waals surface area contributed by atoms with Crippen molar-refractivity contribution in [3.8, 4) is 0 Å². The first kappa shape index (κ1) is 19.3. The van der Waals surface area contributed by atoms with E-state index in [1.54, 1.807) is 6.07 Å². The quantitative estimate of drug-likeness (QED) is 0.753. The van der Waals surface area contributed by atoms with E-state index in [2.05, 4.69) is 17.6 Å². The van der Waals surface area contributed by atoms with E-state index in [4.69, 9.17) is 0 Å². The molecule has 0 bridgehead atoms. The van der Waals surface area contributed by atoms with Crippen molar-refractivity contribution in [3.05, 3.63) is 24.3 Å². The number of hydrogen-bond acceptors (Lipinski definition) is 5. The van der Waals surface area contributed by atoms with Gasteiger partial charge in [-0.15, -0.1) is 0 Å². The van der Waals surface area contributed by atoms with Crippen LogP contribution < -0.4 is 10.6 Å². The van der Waals surface area contributed by atoms with Crippen molar-refractivity contribution in [1.29, 1.82) is 0 Å². The average molecular weight is 393 g/mol. The Balaban J connectivity index is 1.68. The van der Waals surface area contributed by atoms with E-state index < -0.39 is 33.9 Å². The molecule has 1 aliphatic carbocycles. The molecule has 8 nitrogen and oxygen atoms in total. The zero-order chi connectivity index (χ0) is 19.8. The number of hydrogen-bond donors (Lipinski definition) is 2. The third kappa shape index (κ3) is 3.97. The van der Waals surface area contributed by atoms with Gasteiger partial charge in [-0.25, -0.2) is 13.2 Å². The highest BCUT2D eigenvalue weighted by molar-refractivity contribution is 7.90. The molecule has 2 aliphatic rings. The molecule has 2 fully saturated rings. The van der Waals surface area contributed by atoms with Gasteiger partial charge in [0.1, 0.15) is 12.1 Å². The van der Waals surface area contributed by atoms with E-state index in [0.29, 0.717) is 18.8 Å². The number of urea groups is 1. The van der Waals surface area contributed by atoms with Crippen LogP contribution in [0.25, 0.3) is 0 Å². The normalized spacial score (nSPS) is 25.6. The molecule has 0 radical (unpaired) electrons. The maximum Gasteiger partial charge on any atom is 0.325 e. The monoisotopic (exact) mass is 393 g/mol. The zero-order valence-electron chi connectivity index (χ0n) is 15.3. The molecule has 3 rings (SSSR count). The minimum atomic E-state index is -3.40. The van der Waals surface area contributed by atoms with Crippen molar-refractivity contribution < 1.29 is 22.8 Å². The number of carbonyl (C=O) groups excluding carboxylic acids is 3. The summed E-state index contributed by atoms with van der Waals surface area (Å²) in [6.45, 7) is 1.70. The summed E-state index contributed by atoms with van der Waals surface area (Å²) in [6.07, 6.45) is 3.93. The van der Waals surface area contributed by atoms with E-state index in [0.717, 1.165) is 24.0 Å². The third-order valence-electron chi connectivity index (χ3n) is 5.22. The van der Waals surface area contributed by atoms with Crippen LogP contribution >= 0.6 is 0 Å². The fourth-order valence-corrected chi connectivity index (χ4v) is 4.23. The lowest BCUT2D eigenvalue weighted by Crippen LogP contribution is -2.49. The van der Waals surface area contributed by atoms with E-state index in [9.17, 15) is 22.8 Å². The molecule has 9 heteroatoms. The van der Waals surface area contributed by atoms with Gasteiger partial charge >= 0.3 is 6.03 Å². The van der Waals surface area contributed by atoms with E-state index in [1.807, 2.05) is 0 Å². The van der Waals surface area contributed by atoms with Gasteiger partial charge in [-0.1, -0.05) is 13.0 Å². The fourth-order valence-electron chi connectivity index (χ4n) is 3.56. The Morgan fingerprint density at radius 2 is 1.96 bits per heavy atom. The van der Waals surface area contributed by atoms with Crippen LogP contribution in [-0.2, 0) is 19.4 Å². The summed E-state index contributed by atoms with van der Waals surface area (Å²) in [4.78, 5) is 38.3. The van der Waals surface area contributed by atoms with Gasteiger partial charge in [-0.2, -0.15) is 0 Å². The van der Waals surface area contributed by atoms with E-state index in [1.165, 1.54) is 18.2 Å². The number of rotatable bonds is 4. The standard InChI is InChI=1S/C18H23N3O5S/c1-12-6-8-18(9-7-12)16(23)21(17(24)20-18)11-15(22)19-13-4-3-5-14(10-13)27(2,25)26/h3-5,10,12H,6-9,11H2,1-2H3,(H,19,22)(H,20,24). The molecule has 1 saturated heterocycles. The molecule has 1 aromatic rings. The number of imide groups is 1. The second-order valence-electron chi connectivity index (χ2n) is 7.43. The molecule has 1 heterocycles. The highest BCUT2D eigenvalue weighted by atomic mass is 32.2. The Morgan fingerprint density at radius 3 is 2.59 bits per heavy atom. The van der Waals surface area contributed by atoms with Crippen molar-refractivity contribution in [2.45, 2.75) is 43.0 Å². The largest absolute Gasteiger partial charge is 0.325 e. The maximum absolute atomic E-state index is 12.8. The lowest BCUT2D eigenvalue weighted by molar-refractivity contribution is -0.135.